The fraction of sp³-hybridized carbons (Fsp3) is 0.136. The molecule has 0 aliphatic heterocycles. The lowest BCUT2D eigenvalue weighted by Crippen LogP contribution is -2.17. The number of aryl methyl sites for hydroxylation is 1. The van der Waals surface area contributed by atoms with E-state index in [0.717, 1.165) is 44.8 Å². The number of imidazole rings is 1. The van der Waals surface area contributed by atoms with Gasteiger partial charge in [-0.1, -0.05) is 48.2 Å². The van der Waals surface area contributed by atoms with Crippen molar-refractivity contribution in [3.8, 4) is 16.4 Å². The van der Waals surface area contributed by atoms with E-state index < -0.39 is 0 Å². The van der Waals surface area contributed by atoms with Crippen LogP contribution in [0.3, 0.4) is 0 Å². The van der Waals surface area contributed by atoms with Crippen LogP contribution in [0.15, 0.2) is 82.1 Å². The number of fused-ring (bicyclic) bond motifs is 1. The van der Waals surface area contributed by atoms with Crippen molar-refractivity contribution in [3.63, 3.8) is 0 Å². The molecule has 0 fully saturated rings. The van der Waals surface area contributed by atoms with Gasteiger partial charge in [0.05, 0.1) is 15.9 Å². The van der Waals surface area contributed by atoms with Crippen LogP contribution in [0.1, 0.15) is 6.42 Å². The van der Waals surface area contributed by atoms with Crippen molar-refractivity contribution in [1.29, 1.82) is 0 Å². The van der Waals surface area contributed by atoms with Gasteiger partial charge in [0.1, 0.15) is 0 Å². The summed E-state index contributed by atoms with van der Waals surface area (Å²) in [6.45, 7) is 0.660. The van der Waals surface area contributed by atoms with Crippen molar-refractivity contribution in [2.45, 2.75) is 18.1 Å². The first-order chi connectivity index (χ1) is 14.8. The van der Waals surface area contributed by atoms with Crippen LogP contribution in [0.2, 0.25) is 0 Å². The number of rotatable bonds is 7. The maximum atomic E-state index is 12.3. The predicted octanol–water partition coefficient (Wildman–Crippen LogP) is 4.82. The largest absolute Gasteiger partial charge is 0.326 e. The van der Waals surface area contributed by atoms with E-state index in [1.807, 2.05) is 53.9 Å². The van der Waals surface area contributed by atoms with E-state index in [4.69, 9.17) is 0 Å². The molecular weight excluding hydrogens is 414 g/mol. The van der Waals surface area contributed by atoms with E-state index in [1.165, 1.54) is 0 Å². The Morgan fingerprint density at radius 2 is 1.80 bits per heavy atom. The predicted molar refractivity (Wildman–Crippen MR) is 123 cm³/mol. The van der Waals surface area contributed by atoms with Gasteiger partial charge < -0.3 is 4.98 Å². The zero-order chi connectivity index (χ0) is 20.3. The number of nitrogens with one attached hydrogen (secondary N) is 1. The van der Waals surface area contributed by atoms with E-state index in [0.29, 0.717) is 6.54 Å². The van der Waals surface area contributed by atoms with Gasteiger partial charge in [-0.05, 0) is 42.1 Å². The molecule has 8 heteroatoms. The van der Waals surface area contributed by atoms with E-state index in [1.54, 1.807) is 27.7 Å². The molecule has 0 aliphatic rings. The Labute approximate surface area is 181 Å². The fourth-order valence-corrected chi connectivity index (χ4v) is 5.03. The summed E-state index contributed by atoms with van der Waals surface area (Å²) in [4.78, 5) is 16.2. The average Bonchev–Trinajstić information content (AvgIpc) is 3.50. The van der Waals surface area contributed by atoms with Crippen molar-refractivity contribution in [3.05, 3.63) is 82.6 Å². The highest BCUT2D eigenvalue weighted by Crippen LogP contribution is 2.30. The Kier molecular flexibility index (Phi) is 5.25. The Morgan fingerprint density at radius 3 is 2.63 bits per heavy atom. The molecule has 30 heavy (non-hydrogen) atoms. The Balaban J connectivity index is 1.35. The van der Waals surface area contributed by atoms with E-state index in [2.05, 4.69) is 37.9 Å². The number of thiophene rings is 1. The lowest BCUT2D eigenvalue weighted by molar-refractivity contribution is 0.678. The highest BCUT2D eigenvalue weighted by molar-refractivity contribution is 7.99. The maximum Gasteiger partial charge on any atom is 0.326 e. The Morgan fingerprint density at radius 1 is 0.967 bits per heavy atom. The van der Waals surface area contributed by atoms with Gasteiger partial charge >= 0.3 is 5.69 Å². The van der Waals surface area contributed by atoms with Crippen LogP contribution in [-0.2, 0) is 6.54 Å². The third-order valence-corrected chi connectivity index (χ3v) is 6.71. The normalized spacial score (nSPS) is 11.3. The van der Waals surface area contributed by atoms with Crippen molar-refractivity contribution < 1.29 is 0 Å². The molecule has 0 saturated carbocycles. The molecular formula is C22H19N5OS2. The average molecular weight is 434 g/mol. The van der Waals surface area contributed by atoms with Crippen LogP contribution in [0, 0.1) is 0 Å². The smallest absolute Gasteiger partial charge is 0.306 e. The van der Waals surface area contributed by atoms with Gasteiger partial charge in [0.2, 0.25) is 0 Å². The number of aromatic amines is 1. The highest BCUT2D eigenvalue weighted by atomic mass is 32.2. The summed E-state index contributed by atoms with van der Waals surface area (Å²) in [6, 6.07) is 22.0. The van der Waals surface area contributed by atoms with Gasteiger partial charge in [-0.25, -0.2) is 4.79 Å². The number of benzene rings is 2. The summed E-state index contributed by atoms with van der Waals surface area (Å²) in [5.74, 6) is 1.69. The van der Waals surface area contributed by atoms with Crippen LogP contribution >= 0.6 is 23.1 Å². The molecule has 5 rings (SSSR count). The summed E-state index contributed by atoms with van der Waals surface area (Å²) < 4.78 is 3.91. The minimum Gasteiger partial charge on any atom is -0.306 e. The van der Waals surface area contributed by atoms with E-state index in [-0.39, 0.29) is 5.69 Å². The lowest BCUT2D eigenvalue weighted by Gasteiger charge is -2.09. The van der Waals surface area contributed by atoms with Gasteiger partial charge in [0, 0.05) is 18.0 Å². The summed E-state index contributed by atoms with van der Waals surface area (Å²) in [6.07, 6.45) is 0.850. The molecule has 150 valence electrons. The molecule has 3 aromatic heterocycles. The second kappa shape index (κ2) is 8.33. The monoisotopic (exact) mass is 433 g/mol. The van der Waals surface area contributed by atoms with Crippen molar-refractivity contribution in [2.24, 2.45) is 0 Å². The molecule has 0 saturated heterocycles. The van der Waals surface area contributed by atoms with Gasteiger partial charge in [-0.15, -0.1) is 21.5 Å². The molecule has 0 bridgehead atoms. The topological polar surface area (TPSA) is 68.5 Å². The summed E-state index contributed by atoms with van der Waals surface area (Å²) in [5.41, 5.74) is 2.80. The first-order valence-electron chi connectivity index (χ1n) is 9.66. The lowest BCUT2D eigenvalue weighted by atomic mass is 10.3. The molecule has 0 atom stereocenters. The van der Waals surface area contributed by atoms with Gasteiger partial charge in [0.25, 0.3) is 0 Å². The van der Waals surface area contributed by atoms with Crippen molar-refractivity contribution in [1.82, 2.24) is 24.3 Å². The van der Waals surface area contributed by atoms with Gasteiger partial charge in [-0.3, -0.25) is 9.13 Å². The van der Waals surface area contributed by atoms with Crippen LogP contribution in [0.25, 0.3) is 27.4 Å². The molecule has 6 nitrogen and oxygen atoms in total. The molecule has 0 radical (unpaired) electrons. The molecule has 3 heterocycles. The minimum absolute atomic E-state index is 0.0615. The number of hydrogen-bond acceptors (Lipinski definition) is 5. The number of H-pyrrole nitrogens is 1. The Hall–Kier alpha value is -3.10. The second-order valence-electron chi connectivity index (χ2n) is 6.76. The zero-order valence-electron chi connectivity index (χ0n) is 16.1. The Bertz CT molecular complexity index is 1320. The maximum absolute atomic E-state index is 12.3. The summed E-state index contributed by atoms with van der Waals surface area (Å²) in [5, 5.41) is 11.8. The number of nitrogens with zero attached hydrogens (tertiary/aromatic N) is 4. The fourth-order valence-electron chi connectivity index (χ4n) is 3.45. The van der Waals surface area contributed by atoms with Crippen LogP contribution < -0.4 is 5.69 Å². The third kappa shape index (κ3) is 3.59. The SMILES string of the molecule is O=c1[nH]c2ccccc2n1CCCSc1nnc(-c2cccs2)n1-c1ccccc1. The molecule has 0 amide bonds. The summed E-state index contributed by atoms with van der Waals surface area (Å²) >= 11 is 3.31. The summed E-state index contributed by atoms with van der Waals surface area (Å²) in [7, 11) is 0. The van der Waals surface area contributed by atoms with Crippen LogP contribution in [-0.4, -0.2) is 30.1 Å². The van der Waals surface area contributed by atoms with Crippen LogP contribution in [0.4, 0.5) is 0 Å². The number of aromatic nitrogens is 5. The first kappa shape index (κ1) is 18.9. The molecule has 2 aromatic carbocycles. The van der Waals surface area contributed by atoms with E-state index in [9.17, 15) is 4.79 Å². The van der Waals surface area contributed by atoms with Crippen molar-refractivity contribution in [2.75, 3.05) is 5.75 Å². The van der Waals surface area contributed by atoms with E-state index >= 15 is 0 Å². The number of para-hydroxylation sites is 3. The zero-order valence-corrected chi connectivity index (χ0v) is 17.7. The molecule has 5 aromatic rings. The number of hydrogen-bond donors (Lipinski definition) is 1. The molecule has 0 spiro atoms. The van der Waals surface area contributed by atoms with Crippen molar-refractivity contribution >= 4 is 34.1 Å². The highest BCUT2D eigenvalue weighted by Gasteiger charge is 2.16. The minimum atomic E-state index is -0.0615. The second-order valence-corrected chi connectivity index (χ2v) is 8.77. The number of thioether (sulfide) groups is 1. The standard InChI is InChI=1S/C22H19N5OS2/c28-21-23-17-10-4-5-11-18(17)26(21)13-7-15-30-22-25-24-20(19-12-6-14-29-19)27(22)16-8-2-1-3-9-16/h1-6,8-12,14H,7,13,15H2,(H,23,28). The molecule has 1 N–H and O–H groups in total. The molecule has 0 aliphatic carbocycles. The third-order valence-electron chi connectivity index (χ3n) is 4.83. The van der Waals surface area contributed by atoms with Crippen LogP contribution in [0.5, 0.6) is 0 Å². The van der Waals surface area contributed by atoms with Gasteiger partial charge in [0.15, 0.2) is 11.0 Å². The molecule has 0 unspecified atom stereocenters. The van der Waals surface area contributed by atoms with Gasteiger partial charge in [-0.2, -0.15) is 0 Å². The first-order valence-corrected chi connectivity index (χ1v) is 11.5. The quantitative estimate of drug-likeness (QED) is 0.295.